The van der Waals surface area contributed by atoms with Crippen LogP contribution in [0.2, 0.25) is 0 Å². The van der Waals surface area contributed by atoms with Crippen molar-refractivity contribution in [1.82, 2.24) is 9.80 Å². The van der Waals surface area contributed by atoms with Gasteiger partial charge in [-0.05, 0) is 12.1 Å². The molecular weight excluding hydrogens is 192 g/mol. The molecule has 0 saturated carbocycles. The quantitative estimate of drug-likeness (QED) is 0.726. The Hall–Kier alpha value is -1.29. The molecule has 4 heteroatoms. The Kier molecular flexibility index (Phi) is 3.06. The Bertz CT molecular complexity index is 313. The van der Waals surface area contributed by atoms with Gasteiger partial charge in [0.1, 0.15) is 5.76 Å². The zero-order valence-electron chi connectivity index (χ0n) is 8.98. The van der Waals surface area contributed by atoms with Crippen LogP contribution in [0.1, 0.15) is 12.7 Å². The van der Waals surface area contributed by atoms with Crippen LogP contribution in [-0.4, -0.2) is 41.9 Å². The molecule has 1 fully saturated rings. The molecule has 0 spiro atoms. The topological polar surface area (TPSA) is 36.7 Å². The van der Waals surface area contributed by atoms with Crippen molar-refractivity contribution in [3.8, 4) is 0 Å². The van der Waals surface area contributed by atoms with Crippen molar-refractivity contribution in [2.75, 3.05) is 26.2 Å². The number of piperazine rings is 1. The van der Waals surface area contributed by atoms with Crippen LogP contribution in [0, 0.1) is 0 Å². The van der Waals surface area contributed by atoms with Gasteiger partial charge in [0.05, 0.1) is 12.8 Å². The van der Waals surface area contributed by atoms with Gasteiger partial charge >= 0.3 is 0 Å². The molecule has 0 bridgehead atoms. The predicted molar refractivity (Wildman–Crippen MR) is 56.2 cm³/mol. The molecule has 2 rings (SSSR count). The van der Waals surface area contributed by atoms with Gasteiger partial charge in [0.15, 0.2) is 0 Å². The first kappa shape index (κ1) is 10.2. The van der Waals surface area contributed by atoms with Crippen molar-refractivity contribution in [1.29, 1.82) is 0 Å². The highest BCUT2D eigenvalue weighted by Crippen LogP contribution is 2.08. The lowest BCUT2D eigenvalue weighted by Gasteiger charge is -2.33. The van der Waals surface area contributed by atoms with E-state index in [1.165, 1.54) is 0 Å². The molecule has 0 N–H and O–H groups in total. The fourth-order valence-corrected chi connectivity index (χ4v) is 1.84. The SMILES string of the molecule is CC(=O)N1CCN(Cc2ccco2)CC1. The van der Waals surface area contributed by atoms with E-state index in [0.29, 0.717) is 0 Å². The van der Waals surface area contributed by atoms with E-state index in [1.807, 2.05) is 17.0 Å². The van der Waals surface area contributed by atoms with Crippen LogP contribution in [0.15, 0.2) is 22.8 Å². The Balaban J connectivity index is 1.81. The first-order valence-corrected chi connectivity index (χ1v) is 5.26. The van der Waals surface area contributed by atoms with Crippen molar-refractivity contribution < 1.29 is 9.21 Å². The Morgan fingerprint density at radius 3 is 2.67 bits per heavy atom. The predicted octanol–water partition coefficient (Wildman–Crippen LogP) is 0.944. The van der Waals surface area contributed by atoms with Gasteiger partial charge in [-0.15, -0.1) is 0 Å². The molecule has 1 aliphatic heterocycles. The van der Waals surface area contributed by atoms with Crippen LogP contribution in [0.5, 0.6) is 0 Å². The lowest BCUT2D eigenvalue weighted by atomic mass is 10.3. The second-order valence-corrected chi connectivity index (χ2v) is 3.86. The first-order valence-electron chi connectivity index (χ1n) is 5.26. The molecule has 1 amide bonds. The molecular formula is C11H16N2O2. The Morgan fingerprint density at radius 2 is 2.13 bits per heavy atom. The lowest BCUT2D eigenvalue weighted by molar-refractivity contribution is -0.130. The molecule has 0 aliphatic carbocycles. The number of carbonyl (C=O) groups is 1. The summed E-state index contributed by atoms with van der Waals surface area (Å²) in [5, 5.41) is 0. The number of carbonyl (C=O) groups excluding carboxylic acids is 1. The van der Waals surface area contributed by atoms with Gasteiger partial charge in [0.2, 0.25) is 5.91 Å². The minimum Gasteiger partial charge on any atom is -0.468 e. The van der Waals surface area contributed by atoms with E-state index in [2.05, 4.69) is 4.90 Å². The van der Waals surface area contributed by atoms with Gasteiger partial charge in [-0.1, -0.05) is 0 Å². The zero-order chi connectivity index (χ0) is 10.7. The van der Waals surface area contributed by atoms with Crippen LogP contribution in [-0.2, 0) is 11.3 Å². The van der Waals surface area contributed by atoms with Crippen molar-refractivity contribution in [3.05, 3.63) is 24.2 Å². The second-order valence-electron chi connectivity index (χ2n) is 3.86. The van der Waals surface area contributed by atoms with E-state index in [0.717, 1.165) is 38.5 Å². The molecule has 0 radical (unpaired) electrons. The number of nitrogens with zero attached hydrogens (tertiary/aromatic N) is 2. The molecule has 0 aromatic carbocycles. The molecule has 1 aromatic heterocycles. The van der Waals surface area contributed by atoms with E-state index in [1.54, 1.807) is 13.2 Å². The summed E-state index contributed by atoms with van der Waals surface area (Å²) in [4.78, 5) is 15.3. The standard InChI is InChI=1S/C11H16N2O2/c1-10(14)13-6-4-12(5-7-13)9-11-3-2-8-15-11/h2-3,8H,4-7,9H2,1H3. The maximum atomic E-state index is 11.1. The monoisotopic (exact) mass is 208 g/mol. The number of amides is 1. The summed E-state index contributed by atoms with van der Waals surface area (Å²) in [5.74, 6) is 1.17. The van der Waals surface area contributed by atoms with E-state index in [9.17, 15) is 4.79 Å². The molecule has 1 saturated heterocycles. The summed E-state index contributed by atoms with van der Waals surface area (Å²) >= 11 is 0. The number of hydrogen-bond donors (Lipinski definition) is 0. The van der Waals surface area contributed by atoms with Crippen LogP contribution >= 0.6 is 0 Å². The maximum absolute atomic E-state index is 11.1. The first-order chi connectivity index (χ1) is 7.25. The second kappa shape index (κ2) is 4.49. The van der Waals surface area contributed by atoms with Gasteiger partial charge in [0, 0.05) is 33.1 Å². The normalized spacial score (nSPS) is 18.1. The van der Waals surface area contributed by atoms with Crippen molar-refractivity contribution in [3.63, 3.8) is 0 Å². The summed E-state index contributed by atoms with van der Waals surface area (Å²) in [6, 6.07) is 3.89. The van der Waals surface area contributed by atoms with Crippen LogP contribution < -0.4 is 0 Å². The van der Waals surface area contributed by atoms with Gasteiger partial charge < -0.3 is 9.32 Å². The average Bonchev–Trinajstić information content (AvgIpc) is 2.71. The van der Waals surface area contributed by atoms with Crippen LogP contribution in [0.25, 0.3) is 0 Å². The number of rotatable bonds is 2. The maximum Gasteiger partial charge on any atom is 0.219 e. The van der Waals surface area contributed by atoms with Crippen LogP contribution in [0.4, 0.5) is 0 Å². The highest BCUT2D eigenvalue weighted by atomic mass is 16.3. The molecule has 1 aliphatic rings. The van der Waals surface area contributed by atoms with E-state index in [-0.39, 0.29) is 5.91 Å². The molecule has 15 heavy (non-hydrogen) atoms. The highest BCUT2D eigenvalue weighted by Gasteiger charge is 2.18. The number of furan rings is 1. The lowest BCUT2D eigenvalue weighted by Crippen LogP contribution is -2.47. The molecule has 2 heterocycles. The summed E-state index contributed by atoms with van der Waals surface area (Å²) in [5.41, 5.74) is 0. The molecule has 82 valence electrons. The minimum atomic E-state index is 0.174. The Morgan fingerprint density at radius 1 is 1.40 bits per heavy atom. The van der Waals surface area contributed by atoms with Gasteiger partial charge in [0.25, 0.3) is 0 Å². The molecule has 1 aromatic rings. The van der Waals surface area contributed by atoms with E-state index < -0.39 is 0 Å². The number of hydrogen-bond acceptors (Lipinski definition) is 3. The summed E-state index contributed by atoms with van der Waals surface area (Å²) in [6.45, 7) is 5.99. The smallest absolute Gasteiger partial charge is 0.219 e. The summed E-state index contributed by atoms with van der Waals surface area (Å²) in [6.07, 6.45) is 1.70. The molecule has 0 atom stereocenters. The van der Waals surface area contributed by atoms with Crippen molar-refractivity contribution >= 4 is 5.91 Å². The van der Waals surface area contributed by atoms with Gasteiger partial charge in [-0.2, -0.15) is 0 Å². The minimum absolute atomic E-state index is 0.174. The Labute approximate surface area is 89.5 Å². The highest BCUT2D eigenvalue weighted by molar-refractivity contribution is 5.73. The van der Waals surface area contributed by atoms with Crippen molar-refractivity contribution in [2.24, 2.45) is 0 Å². The van der Waals surface area contributed by atoms with E-state index >= 15 is 0 Å². The largest absolute Gasteiger partial charge is 0.468 e. The molecule has 0 unspecified atom stereocenters. The van der Waals surface area contributed by atoms with Crippen molar-refractivity contribution in [2.45, 2.75) is 13.5 Å². The zero-order valence-corrected chi connectivity index (χ0v) is 8.98. The summed E-state index contributed by atoms with van der Waals surface area (Å²) < 4.78 is 5.29. The fourth-order valence-electron chi connectivity index (χ4n) is 1.84. The molecule has 4 nitrogen and oxygen atoms in total. The van der Waals surface area contributed by atoms with E-state index in [4.69, 9.17) is 4.42 Å². The van der Waals surface area contributed by atoms with Crippen LogP contribution in [0.3, 0.4) is 0 Å². The van der Waals surface area contributed by atoms with Gasteiger partial charge in [-0.3, -0.25) is 9.69 Å². The third-order valence-corrected chi connectivity index (χ3v) is 2.78. The third-order valence-electron chi connectivity index (χ3n) is 2.78. The summed E-state index contributed by atoms with van der Waals surface area (Å²) in [7, 11) is 0. The fraction of sp³-hybridized carbons (Fsp3) is 0.545. The average molecular weight is 208 g/mol. The third kappa shape index (κ3) is 2.59. The van der Waals surface area contributed by atoms with Gasteiger partial charge in [-0.25, -0.2) is 0 Å².